The summed E-state index contributed by atoms with van der Waals surface area (Å²) in [5.74, 6) is 0. The molecule has 0 saturated carbocycles. The SMILES string of the molecule is Nc1csc2ccc(Cl)c(CBr)c12. The second-order valence-electron chi connectivity index (χ2n) is 2.72. The third-order valence-corrected chi connectivity index (χ3v) is 3.83. The van der Waals surface area contributed by atoms with Crippen LogP contribution in [0.1, 0.15) is 5.56 Å². The van der Waals surface area contributed by atoms with Gasteiger partial charge < -0.3 is 5.73 Å². The van der Waals surface area contributed by atoms with Crippen LogP contribution in [-0.2, 0) is 5.33 Å². The van der Waals surface area contributed by atoms with E-state index in [0.717, 1.165) is 27.0 Å². The van der Waals surface area contributed by atoms with E-state index in [2.05, 4.69) is 15.9 Å². The average Bonchev–Trinajstić information content (AvgIpc) is 2.49. The highest BCUT2D eigenvalue weighted by Gasteiger charge is 2.08. The number of hydrogen-bond acceptors (Lipinski definition) is 2. The number of thiophene rings is 1. The van der Waals surface area contributed by atoms with E-state index in [9.17, 15) is 0 Å². The van der Waals surface area contributed by atoms with Gasteiger partial charge in [0.15, 0.2) is 0 Å². The molecular weight excluding hydrogens is 270 g/mol. The van der Waals surface area contributed by atoms with E-state index in [0.29, 0.717) is 0 Å². The quantitative estimate of drug-likeness (QED) is 0.782. The van der Waals surface area contributed by atoms with Crippen molar-refractivity contribution in [3.05, 3.63) is 28.1 Å². The Balaban J connectivity index is 2.88. The Bertz CT molecular complexity index is 452. The van der Waals surface area contributed by atoms with E-state index < -0.39 is 0 Å². The van der Waals surface area contributed by atoms with E-state index in [1.54, 1.807) is 11.3 Å². The minimum Gasteiger partial charge on any atom is -0.398 e. The summed E-state index contributed by atoms with van der Waals surface area (Å²) in [5.41, 5.74) is 7.75. The largest absolute Gasteiger partial charge is 0.398 e. The minimum absolute atomic E-state index is 0.740. The van der Waals surface area contributed by atoms with Gasteiger partial charge in [-0.05, 0) is 17.7 Å². The molecule has 0 bridgehead atoms. The zero-order valence-electron chi connectivity index (χ0n) is 6.68. The number of halogens is 2. The summed E-state index contributed by atoms with van der Waals surface area (Å²) in [7, 11) is 0. The Hall–Kier alpha value is -0.250. The maximum atomic E-state index is 6.05. The molecule has 13 heavy (non-hydrogen) atoms. The van der Waals surface area contributed by atoms with Gasteiger partial charge in [-0.2, -0.15) is 0 Å². The molecule has 2 aromatic rings. The first-order valence-electron chi connectivity index (χ1n) is 3.74. The van der Waals surface area contributed by atoms with Crippen molar-refractivity contribution in [1.82, 2.24) is 0 Å². The molecule has 0 radical (unpaired) electrons. The van der Waals surface area contributed by atoms with Gasteiger partial charge in [0.25, 0.3) is 0 Å². The van der Waals surface area contributed by atoms with Crippen LogP contribution in [-0.4, -0.2) is 0 Å². The van der Waals surface area contributed by atoms with Crippen LogP contribution < -0.4 is 5.73 Å². The van der Waals surface area contributed by atoms with E-state index >= 15 is 0 Å². The fourth-order valence-corrected chi connectivity index (χ4v) is 3.18. The van der Waals surface area contributed by atoms with Gasteiger partial charge in [-0.3, -0.25) is 0 Å². The van der Waals surface area contributed by atoms with Gasteiger partial charge in [0.05, 0.1) is 5.69 Å². The highest BCUT2D eigenvalue weighted by molar-refractivity contribution is 9.08. The van der Waals surface area contributed by atoms with E-state index in [4.69, 9.17) is 17.3 Å². The van der Waals surface area contributed by atoms with E-state index in [1.165, 1.54) is 4.70 Å². The Morgan fingerprint density at radius 3 is 2.92 bits per heavy atom. The van der Waals surface area contributed by atoms with Crippen molar-refractivity contribution in [2.45, 2.75) is 5.33 Å². The summed E-state index contributed by atoms with van der Waals surface area (Å²) in [4.78, 5) is 0. The topological polar surface area (TPSA) is 26.0 Å². The first-order valence-corrected chi connectivity index (χ1v) is 6.12. The normalized spacial score (nSPS) is 10.9. The molecule has 0 aliphatic rings. The van der Waals surface area contributed by atoms with Gasteiger partial charge in [0, 0.05) is 25.8 Å². The molecule has 1 aromatic heterocycles. The fraction of sp³-hybridized carbons (Fsp3) is 0.111. The minimum atomic E-state index is 0.740. The molecule has 0 saturated heterocycles. The zero-order valence-corrected chi connectivity index (χ0v) is 9.84. The summed E-state index contributed by atoms with van der Waals surface area (Å²) in [6, 6.07) is 3.92. The standard InChI is InChI=1S/C9H7BrClNS/c10-3-5-6(11)1-2-8-9(5)7(12)4-13-8/h1-2,4H,3,12H2. The Labute approximate surface area is 93.6 Å². The van der Waals surface area contributed by atoms with Gasteiger partial charge in [-0.1, -0.05) is 27.5 Å². The molecule has 1 aromatic carbocycles. The van der Waals surface area contributed by atoms with E-state index in [-0.39, 0.29) is 0 Å². The number of nitrogen functional groups attached to an aromatic ring is 1. The summed E-state index contributed by atoms with van der Waals surface area (Å²) >= 11 is 11.1. The number of fused-ring (bicyclic) bond motifs is 1. The predicted octanol–water partition coefficient (Wildman–Crippen LogP) is 4.03. The average molecular weight is 277 g/mol. The molecule has 0 unspecified atom stereocenters. The van der Waals surface area contributed by atoms with Gasteiger partial charge in [-0.25, -0.2) is 0 Å². The van der Waals surface area contributed by atoms with Crippen molar-refractivity contribution in [2.24, 2.45) is 0 Å². The van der Waals surface area contributed by atoms with Crippen molar-refractivity contribution >= 4 is 54.6 Å². The number of hydrogen-bond donors (Lipinski definition) is 1. The molecule has 0 spiro atoms. The molecule has 68 valence electrons. The van der Waals surface area contributed by atoms with Crippen LogP contribution in [0.3, 0.4) is 0 Å². The third kappa shape index (κ3) is 1.45. The molecule has 0 fully saturated rings. The van der Waals surface area contributed by atoms with Gasteiger partial charge >= 0.3 is 0 Å². The molecule has 0 atom stereocenters. The molecule has 4 heteroatoms. The number of alkyl halides is 1. The Morgan fingerprint density at radius 1 is 1.46 bits per heavy atom. The number of benzene rings is 1. The maximum Gasteiger partial charge on any atom is 0.0506 e. The van der Waals surface area contributed by atoms with Crippen LogP contribution in [0.25, 0.3) is 10.1 Å². The molecule has 0 amide bonds. The lowest BCUT2D eigenvalue weighted by atomic mass is 10.1. The van der Waals surface area contributed by atoms with Crippen LogP contribution >= 0.6 is 38.9 Å². The monoisotopic (exact) mass is 275 g/mol. The van der Waals surface area contributed by atoms with Crippen molar-refractivity contribution < 1.29 is 0 Å². The van der Waals surface area contributed by atoms with Gasteiger partial charge in [0.1, 0.15) is 0 Å². The Kier molecular flexibility index (Phi) is 2.49. The number of nitrogens with two attached hydrogens (primary N) is 1. The maximum absolute atomic E-state index is 6.05. The molecule has 0 aliphatic carbocycles. The number of rotatable bonds is 1. The fourth-order valence-electron chi connectivity index (χ4n) is 1.33. The molecule has 1 nitrogen and oxygen atoms in total. The molecule has 2 N–H and O–H groups in total. The molecular formula is C9H7BrClNS. The molecule has 0 aliphatic heterocycles. The highest BCUT2D eigenvalue weighted by atomic mass is 79.9. The van der Waals surface area contributed by atoms with Crippen LogP contribution in [0.15, 0.2) is 17.5 Å². The lowest BCUT2D eigenvalue weighted by Crippen LogP contribution is -1.86. The Morgan fingerprint density at radius 2 is 2.23 bits per heavy atom. The van der Waals surface area contributed by atoms with Crippen LogP contribution in [0.5, 0.6) is 0 Å². The summed E-state index contributed by atoms with van der Waals surface area (Å²) < 4.78 is 1.19. The van der Waals surface area contributed by atoms with Gasteiger partial charge in [-0.15, -0.1) is 11.3 Å². The first-order chi connectivity index (χ1) is 6.24. The zero-order chi connectivity index (χ0) is 9.42. The lowest BCUT2D eigenvalue weighted by molar-refractivity contribution is 1.50. The van der Waals surface area contributed by atoms with Gasteiger partial charge in [0.2, 0.25) is 0 Å². The number of anilines is 1. The van der Waals surface area contributed by atoms with Crippen molar-refractivity contribution in [3.8, 4) is 0 Å². The lowest BCUT2D eigenvalue weighted by Gasteiger charge is -2.02. The van der Waals surface area contributed by atoms with Crippen LogP contribution in [0.4, 0.5) is 5.69 Å². The molecule has 2 rings (SSSR count). The second-order valence-corrected chi connectivity index (χ2v) is 4.60. The van der Waals surface area contributed by atoms with Crippen molar-refractivity contribution in [2.75, 3.05) is 5.73 Å². The summed E-state index contributed by atoms with van der Waals surface area (Å²) in [5, 5.41) is 4.56. The van der Waals surface area contributed by atoms with Crippen molar-refractivity contribution in [1.29, 1.82) is 0 Å². The van der Waals surface area contributed by atoms with Crippen molar-refractivity contribution in [3.63, 3.8) is 0 Å². The third-order valence-electron chi connectivity index (χ3n) is 1.95. The highest BCUT2D eigenvalue weighted by Crippen LogP contribution is 2.35. The van der Waals surface area contributed by atoms with Crippen LogP contribution in [0, 0.1) is 0 Å². The second kappa shape index (κ2) is 3.48. The first kappa shape index (κ1) is 9.31. The van der Waals surface area contributed by atoms with E-state index in [1.807, 2.05) is 17.5 Å². The van der Waals surface area contributed by atoms with Crippen LogP contribution in [0.2, 0.25) is 5.02 Å². The summed E-state index contributed by atoms with van der Waals surface area (Å²) in [6.07, 6.45) is 0. The summed E-state index contributed by atoms with van der Waals surface area (Å²) in [6.45, 7) is 0. The smallest absolute Gasteiger partial charge is 0.0506 e. The molecule has 1 heterocycles. The predicted molar refractivity (Wildman–Crippen MR) is 63.9 cm³/mol.